The summed E-state index contributed by atoms with van der Waals surface area (Å²) < 4.78 is 15.7. The zero-order valence-electron chi connectivity index (χ0n) is 12.5. The Labute approximate surface area is 134 Å². The fraction of sp³-hybridized carbons (Fsp3) is 0.500. The van der Waals surface area contributed by atoms with Crippen molar-refractivity contribution in [2.75, 3.05) is 33.1 Å². The first-order valence-electron chi connectivity index (χ1n) is 6.19. The number of carbonyl (C=O) groups excluding carboxylic acids is 1. The van der Waals surface area contributed by atoms with Crippen molar-refractivity contribution in [3.05, 3.63) is 17.7 Å². The molecule has 1 aromatic rings. The maximum absolute atomic E-state index is 12.4. The Balaban J connectivity index is 3.21. The van der Waals surface area contributed by atoms with Crippen molar-refractivity contribution in [1.29, 1.82) is 0 Å². The Morgan fingerprint density at radius 2 is 1.67 bits per heavy atom. The van der Waals surface area contributed by atoms with Crippen LogP contribution in [0.3, 0.4) is 0 Å². The monoisotopic (exact) mass is 335 g/mol. The summed E-state index contributed by atoms with van der Waals surface area (Å²) in [6.07, 6.45) is 0. The van der Waals surface area contributed by atoms with E-state index in [-0.39, 0.29) is 17.7 Å². The maximum atomic E-state index is 12.4. The quantitative estimate of drug-likeness (QED) is 0.778. The van der Waals surface area contributed by atoms with Gasteiger partial charge in [0, 0.05) is 11.8 Å². The molecule has 0 saturated carbocycles. The van der Waals surface area contributed by atoms with Crippen LogP contribution in [0.4, 0.5) is 0 Å². The van der Waals surface area contributed by atoms with Crippen molar-refractivity contribution < 1.29 is 19.0 Å². The standard InChI is InChI=1S/C14H19Cl2NO4/c1-14(7-15,8-16)17-13(18)9-5-6-10(19-2)12(21-4)11(9)20-3/h5-6H,7-8H2,1-4H3,(H,17,18). The summed E-state index contributed by atoms with van der Waals surface area (Å²) in [4.78, 5) is 12.4. The van der Waals surface area contributed by atoms with Gasteiger partial charge in [0.2, 0.25) is 5.75 Å². The molecule has 5 nitrogen and oxygen atoms in total. The third-order valence-electron chi connectivity index (χ3n) is 2.95. The van der Waals surface area contributed by atoms with Crippen LogP contribution in [0.15, 0.2) is 12.1 Å². The first-order chi connectivity index (χ1) is 9.96. The molecule has 0 radical (unpaired) electrons. The molecular formula is C14H19Cl2NO4. The van der Waals surface area contributed by atoms with Gasteiger partial charge in [-0.15, -0.1) is 23.2 Å². The lowest BCUT2D eigenvalue weighted by molar-refractivity contribution is 0.0917. The molecule has 118 valence electrons. The average molecular weight is 336 g/mol. The van der Waals surface area contributed by atoms with Gasteiger partial charge in [-0.3, -0.25) is 4.79 Å². The van der Waals surface area contributed by atoms with E-state index in [2.05, 4.69) is 5.32 Å². The van der Waals surface area contributed by atoms with Crippen LogP contribution in [0.2, 0.25) is 0 Å². The van der Waals surface area contributed by atoms with E-state index in [9.17, 15) is 4.79 Å². The van der Waals surface area contributed by atoms with Gasteiger partial charge in [-0.2, -0.15) is 0 Å². The normalized spacial score (nSPS) is 11.0. The molecule has 0 heterocycles. The smallest absolute Gasteiger partial charge is 0.255 e. The first kappa shape index (κ1) is 17.7. The number of rotatable bonds is 7. The molecule has 1 N–H and O–H groups in total. The average Bonchev–Trinajstić information content (AvgIpc) is 2.52. The van der Waals surface area contributed by atoms with Crippen molar-refractivity contribution in [3.63, 3.8) is 0 Å². The lowest BCUT2D eigenvalue weighted by atomic mass is 10.1. The summed E-state index contributed by atoms with van der Waals surface area (Å²) in [5.74, 6) is 1.15. The maximum Gasteiger partial charge on any atom is 0.255 e. The topological polar surface area (TPSA) is 56.8 Å². The van der Waals surface area contributed by atoms with E-state index < -0.39 is 5.54 Å². The van der Waals surface area contributed by atoms with Crippen LogP contribution in [0, 0.1) is 0 Å². The number of ether oxygens (including phenoxy) is 3. The van der Waals surface area contributed by atoms with Gasteiger partial charge < -0.3 is 19.5 Å². The van der Waals surface area contributed by atoms with Crippen LogP contribution in [0.1, 0.15) is 17.3 Å². The number of nitrogens with one attached hydrogen (secondary N) is 1. The van der Waals surface area contributed by atoms with Crippen LogP contribution in [-0.2, 0) is 0 Å². The first-order valence-corrected chi connectivity index (χ1v) is 7.26. The van der Waals surface area contributed by atoms with E-state index in [1.54, 1.807) is 19.1 Å². The predicted octanol–water partition coefficient (Wildman–Crippen LogP) is 2.68. The van der Waals surface area contributed by atoms with Gasteiger partial charge in [0.1, 0.15) is 0 Å². The Morgan fingerprint density at radius 3 is 2.10 bits per heavy atom. The van der Waals surface area contributed by atoms with Gasteiger partial charge in [0.15, 0.2) is 11.5 Å². The van der Waals surface area contributed by atoms with Gasteiger partial charge in [-0.25, -0.2) is 0 Å². The van der Waals surface area contributed by atoms with E-state index in [4.69, 9.17) is 37.4 Å². The Bertz CT molecular complexity index is 504. The minimum atomic E-state index is -0.710. The number of carbonyl (C=O) groups is 1. The van der Waals surface area contributed by atoms with Gasteiger partial charge >= 0.3 is 0 Å². The van der Waals surface area contributed by atoms with Crippen molar-refractivity contribution in [2.24, 2.45) is 0 Å². The molecule has 0 aromatic heterocycles. The highest BCUT2D eigenvalue weighted by molar-refractivity contribution is 6.22. The summed E-state index contributed by atoms with van der Waals surface area (Å²) in [6, 6.07) is 3.23. The molecule has 0 bridgehead atoms. The molecule has 1 aromatic carbocycles. The summed E-state index contributed by atoms with van der Waals surface area (Å²) >= 11 is 11.7. The summed E-state index contributed by atoms with van der Waals surface area (Å²) in [5.41, 5.74) is -0.394. The molecule has 1 rings (SSSR count). The molecule has 0 saturated heterocycles. The molecule has 0 atom stereocenters. The lowest BCUT2D eigenvalue weighted by Gasteiger charge is -2.26. The highest BCUT2D eigenvalue weighted by Gasteiger charge is 2.28. The second kappa shape index (κ2) is 7.61. The van der Waals surface area contributed by atoms with Crippen molar-refractivity contribution in [1.82, 2.24) is 5.32 Å². The van der Waals surface area contributed by atoms with Gasteiger partial charge in [0.25, 0.3) is 5.91 Å². The number of benzene rings is 1. The highest BCUT2D eigenvalue weighted by Crippen LogP contribution is 2.39. The molecule has 0 unspecified atom stereocenters. The van der Waals surface area contributed by atoms with Crippen LogP contribution >= 0.6 is 23.2 Å². The molecule has 0 aliphatic heterocycles. The van der Waals surface area contributed by atoms with E-state index >= 15 is 0 Å². The molecule has 0 spiro atoms. The summed E-state index contributed by atoms with van der Waals surface area (Å²) in [7, 11) is 4.44. The summed E-state index contributed by atoms with van der Waals surface area (Å²) in [5, 5.41) is 2.79. The van der Waals surface area contributed by atoms with Crippen molar-refractivity contribution in [2.45, 2.75) is 12.5 Å². The minimum absolute atomic E-state index is 0.192. The highest BCUT2D eigenvalue weighted by atomic mass is 35.5. The van der Waals surface area contributed by atoms with Gasteiger partial charge in [-0.1, -0.05) is 0 Å². The van der Waals surface area contributed by atoms with E-state index in [0.29, 0.717) is 22.8 Å². The SMILES string of the molecule is COc1ccc(C(=O)NC(C)(CCl)CCl)c(OC)c1OC. The minimum Gasteiger partial charge on any atom is -0.493 e. The molecule has 0 aliphatic carbocycles. The fourth-order valence-electron chi connectivity index (χ4n) is 1.72. The number of amides is 1. The molecule has 0 fully saturated rings. The second-order valence-electron chi connectivity index (χ2n) is 4.66. The molecular weight excluding hydrogens is 317 g/mol. The van der Waals surface area contributed by atoms with Gasteiger partial charge in [0.05, 0.1) is 32.4 Å². The lowest BCUT2D eigenvalue weighted by Crippen LogP contribution is -2.49. The number of methoxy groups -OCH3 is 3. The third-order valence-corrected chi connectivity index (χ3v) is 4.13. The number of hydrogen-bond acceptors (Lipinski definition) is 4. The van der Waals surface area contributed by atoms with E-state index in [1.807, 2.05) is 0 Å². The van der Waals surface area contributed by atoms with Crippen LogP contribution in [-0.4, -0.2) is 44.5 Å². The second-order valence-corrected chi connectivity index (χ2v) is 5.20. The zero-order valence-corrected chi connectivity index (χ0v) is 14.0. The Morgan fingerprint density at radius 1 is 1.10 bits per heavy atom. The largest absolute Gasteiger partial charge is 0.493 e. The zero-order chi connectivity index (χ0) is 16.0. The van der Waals surface area contributed by atoms with E-state index in [1.165, 1.54) is 21.3 Å². The van der Waals surface area contributed by atoms with Crippen LogP contribution in [0.5, 0.6) is 17.2 Å². The van der Waals surface area contributed by atoms with Crippen LogP contribution < -0.4 is 19.5 Å². The Hall–Kier alpha value is -1.33. The predicted molar refractivity (Wildman–Crippen MR) is 83.4 cm³/mol. The summed E-state index contributed by atoms with van der Waals surface area (Å²) in [6.45, 7) is 1.76. The third kappa shape index (κ3) is 3.86. The Kier molecular flexibility index (Phi) is 6.42. The number of hydrogen-bond donors (Lipinski definition) is 1. The molecule has 7 heteroatoms. The van der Waals surface area contributed by atoms with E-state index in [0.717, 1.165) is 0 Å². The van der Waals surface area contributed by atoms with Crippen molar-refractivity contribution in [3.8, 4) is 17.2 Å². The molecule has 0 aliphatic rings. The van der Waals surface area contributed by atoms with Crippen LogP contribution in [0.25, 0.3) is 0 Å². The fourth-order valence-corrected chi connectivity index (χ4v) is 2.14. The number of halogens is 2. The molecule has 21 heavy (non-hydrogen) atoms. The van der Waals surface area contributed by atoms with Gasteiger partial charge in [-0.05, 0) is 19.1 Å². The molecule has 1 amide bonds. The number of alkyl halides is 2. The van der Waals surface area contributed by atoms with Crippen molar-refractivity contribution >= 4 is 29.1 Å².